The number of likely N-dealkylation sites (tertiary alicyclic amines) is 1. The Morgan fingerprint density at radius 2 is 2.05 bits per heavy atom. The van der Waals surface area contributed by atoms with Crippen LogP contribution in [0.25, 0.3) is 0 Å². The molecule has 0 aliphatic carbocycles. The molecule has 7 heteroatoms. The molecule has 1 unspecified atom stereocenters. The molecule has 1 saturated heterocycles. The van der Waals surface area contributed by atoms with Gasteiger partial charge in [-0.15, -0.1) is 0 Å². The Hall–Kier alpha value is -1.63. The number of carbonyl (C=O) groups excluding carboxylic acids is 1. The molecule has 1 aromatic carbocycles. The van der Waals surface area contributed by atoms with Gasteiger partial charge in [0.05, 0.1) is 16.7 Å². The molecular weight excluding hydrogens is 278 g/mol. The average molecular weight is 291 g/mol. The first-order valence-corrected chi connectivity index (χ1v) is 5.98. The van der Waals surface area contributed by atoms with E-state index in [2.05, 4.69) is 0 Å². The Balaban J connectivity index is 2.31. The standard InChI is InChI=1S/C13H13F4NO2/c1-12(20)4-5-18(7-12)11(19)9-6-8(13(15,16)17)2-3-10(9)14/h2-3,6,20H,4-5,7H2,1H3. The van der Waals surface area contributed by atoms with Crippen molar-refractivity contribution in [3.63, 3.8) is 0 Å². The van der Waals surface area contributed by atoms with Crippen LogP contribution in [0.5, 0.6) is 0 Å². The minimum Gasteiger partial charge on any atom is -0.388 e. The van der Waals surface area contributed by atoms with Crippen molar-refractivity contribution >= 4 is 5.91 Å². The van der Waals surface area contributed by atoms with Gasteiger partial charge in [-0.05, 0) is 31.5 Å². The quantitative estimate of drug-likeness (QED) is 0.807. The lowest BCUT2D eigenvalue weighted by molar-refractivity contribution is -0.137. The molecule has 0 aromatic heterocycles. The molecule has 1 aliphatic rings. The van der Waals surface area contributed by atoms with Crippen molar-refractivity contribution in [2.75, 3.05) is 13.1 Å². The summed E-state index contributed by atoms with van der Waals surface area (Å²) in [5, 5.41) is 9.75. The first-order chi connectivity index (χ1) is 9.10. The van der Waals surface area contributed by atoms with Gasteiger partial charge in [-0.1, -0.05) is 0 Å². The van der Waals surface area contributed by atoms with Crippen molar-refractivity contribution in [3.8, 4) is 0 Å². The molecule has 1 aromatic rings. The summed E-state index contributed by atoms with van der Waals surface area (Å²) in [6, 6.07) is 1.72. The van der Waals surface area contributed by atoms with E-state index in [0.717, 1.165) is 4.90 Å². The van der Waals surface area contributed by atoms with Crippen molar-refractivity contribution in [2.45, 2.75) is 25.1 Å². The average Bonchev–Trinajstić information content (AvgIpc) is 2.68. The normalized spacial score (nSPS) is 23.2. The fourth-order valence-electron chi connectivity index (χ4n) is 2.15. The number of nitrogens with zero attached hydrogens (tertiary/aromatic N) is 1. The molecule has 2 rings (SSSR count). The lowest BCUT2D eigenvalue weighted by Crippen LogP contribution is -2.34. The van der Waals surface area contributed by atoms with Crippen LogP contribution in [0.2, 0.25) is 0 Å². The number of β-amino-alcohol motifs (C(OH)–C–C–N with tert-alkyl or cyclic N) is 1. The third kappa shape index (κ3) is 2.92. The Kier molecular flexibility index (Phi) is 3.49. The fraction of sp³-hybridized carbons (Fsp3) is 0.462. The number of halogens is 4. The number of amides is 1. The molecule has 20 heavy (non-hydrogen) atoms. The predicted molar refractivity (Wildman–Crippen MR) is 62.5 cm³/mol. The summed E-state index contributed by atoms with van der Waals surface area (Å²) >= 11 is 0. The third-order valence-electron chi connectivity index (χ3n) is 3.26. The second kappa shape index (κ2) is 4.73. The van der Waals surface area contributed by atoms with Crippen LogP contribution in [0.1, 0.15) is 29.3 Å². The van der Waals surface area contributed by atoms with Crippen LogP contribution in [0.4, 0.5) is 17.6 Å². The molecule has 3 nitrogen and oxygen atoms in total. The minimum atomic E-state index is -4.64. The van der Waals surface area contributed by atoms with Crippen LogP contribution in [-0.4, -0.2) is 34.6 Å². The van der Waals surface area contributed by atoms with Crippen LogP contribution in [0, 0.1) is 5.82 Å². The number of hydrogen-bond acceptors (Lipinski definition) is 2. The number of alkyl halides is 3. The van der Waals surface area contributed by atoms with Gasteiger partial charge in [-0.3, -0.25) is 4.79 Å². The molecule has 1 N–H and O–H groups in total. The molecule has 0 spiro atoms. The van der Waals surface area contributed by atoms with Crippen LogP contribution in [-0.2, 0) is 6.18 Å². The first-order valence-electron chi connectivity index (χ1n) is 5.98. The predicted octanol–water partition coefficient (Wildman–Crippen LogP) is 2.44. The maximum absolute atomic E-state index is 13.6. The molecule has 1 amide bonds. The molecule has 1 atom stereocenters. The fourth-order valence-corrected chi connectivity index (χ4v) is 2.15. The van der Waals surface area contributed by atoms with Gasteiger partial charge in [-0.25, -0.2) is 4.39 Å². The largest absolute Gasteiger partial charge is 0.416 e. The number of hydrogen-bond donors (Lipinski definition) is 1. The highest BCUT2D eigenvalue weighted by molar-refractivity contribution is 5.95. The van der Waals surface area contributed by atoms with Crippen LogP contribution < -0.4 is 0 Å². The molecular formula is C13H13F4NO2. The summed E-state index contributed by atoms with van der Waals surface area (Å²) in [6.45, 7) is 1.67. The SMILES string of the molecule is CC1(O)CCN(C(=O)c2cc(C(F)(F)F)ccc2F)C1. The van der Waals surface area contributed by atoms with Crippen molar-refractivity contribution in [1.29, 1.82) is 0 Å². The topological polar surface area (TPSA) is 40.5 Å². The number of benzene rings is 1. The van der Waals surface area contributed by atoms with Gasteiger partial charge in [0.2, 0.25) is 0 Å². The zero-order chi connectivity index (χ0) is 15.1. The van der Waals surface area contributed by atoms with Gasteiger partial charge in [0, 0.05) is 13.1 Å². The minimum absolute atomic E-state index is 0.0263. The van der Waals surface area contributed by atoms with E-state index >= 15 is 0 Å². The number of rotatable bonds is 1. The van der Waals surface area contributed by atoms with E-state index < -0.39 is 34.6 Å². The Morgan fingerprint density at radius 1 is 1.40 bits per heavy atom. The van der Waals surface area contributed by atoms with Gasteiger partial charge < -0.3 is 10.0 Å². The molecule has 1 fully saturated rings. The summed E-state index contributed by atoms with van der Waals surface area (Å²) in [5.41, 5.74) is -2.79. The van der Waals surface area contributed by atoms with Gasteiger partial charge in [-0.2, -0.15) is 13.2 Å². The van der Waals surface area contributed by atoms with Crippen LogP contribution >= 0.6 is 0 Å². The molecule has 0 radical (unpaired) electrons. The second-order valence-corrected chi connectivity index (χ2v) is 5.17. The van der Waals surface area contributed by atoms with Gasteiger partial charge in [0.15, 0.2) is 0 Å². The monoisotopic (exact) mass is 291 g/mol. The van der Waals surface area contributed by atoms with E-state index in [1.807, 2.05) is 0 Å². The van der Waals surface area contributed by atoms with Gasteiger partial charge in [0.1, 0.15) is 5.82 Å². The van der Waals surface area contributed by atoms with E-state index in [-0.39, 0.29) is 13.1 Å². The first kappa shape index (κ1) is 14.8. The highest BCUT2D eigenvalue weighted by atomic mass is 19.4. The van der Waals surface area contributed by atoms with E-state index in [0.29, 0.717) is 24.6 Å². The second-order valence-electron chi connectivity index (χ2n) is 5.17. The Morgan fingerprint density at radius 3 is 2.55 bits per heavy atom. The van der Waals surface area contributed by atoms with Crippen molar-refractivity contribution < 1.29 is 27.5 Å². The summed E-state index contributed by atoms with van der Waals surface area (Å²) in [7, 11) is 0. The Bertz CT molecular complexity index is 540. The summed E-state index contributed by atoms with van der Waals surface area (Å²) in [4.78, 5) is 13.2. The zero-order valence-corrected chi connectivity index (χ0v) is 10.7. The molecule has 0 saturated carbocycles. The smallest absolute Gasteiger partial charge is 0.388 e. The van der Waals surface area contributed by atoms with Crippen LogP contribution in [0.3, 0.4) is 0 Å². The lowest BCUT2D eigenvalue weighted by Gasteiger charge is -2.19. The highest BCUT2D eigenvalue weighted by Gasteiger charge is 2.36. The summed E-state index contributed by atoms with van der Waals surface area (Å²) in [5.74, 6) is -1.85. The number of carbonyl (C=O) groups is 1. The maximum atomic E-state index is 13.6. The summed E-state index contributed by atoms with van der Waals surface area (Å²) in [6.07, 6.45) is -4.33. The maximum Gasteiger partial charge on any atom is 0.416 e. The van der Waals surface area contributed by atoms with Crippen molar-refractivity contribution in [2.24, 2.45) is 0 Å². The zero-order valence-electron chi connectivity index (χ0n) is 10.7. The highest BCUT2D eigenvalue weighted by Crippen LogP contribution is 2.31. The van der Waals surface area contributed by atoms with Gasteiger partial charge in [0.25, 0.3) is 5.91 Å². The summed E-state index contributed by atoms with van der Waals surface area (Å²) < 4.78 is 51.3. The molecule has 110 valence electrons. The van der Waals surface area contributed by atoms with Crippen LogP contribution in [0.15, 0.2) is 18.2 Å². The molecule has 1 aliphatic heterocycles. The Labute approximate surface area is 112 Å². The van der Waals surface area contributed by atoms with Crippen molar-refractivity contribution in [1.82, 2.24) is 4.90 Å². The van der Waals surface area contributed by atoms with E-state index in [1.165, 1.54) is 6.92 Å². The van der Waals surface area contributed by atoms with Gasteiger partial charge >= 0.3 is 6.18 Å². The lowest BCUT2D eigenvalue weighted by atomic mass is 10.1. The van der Waals surface area contributed by atoms with E-state index in [9.17, 15) is 27.5 Å². The van der Waals surface area contributed by atoms with E-state index in [1.54, 1.807) is 0 Å². The number of aliphatic hydroxyl groups is 1. The molecule has 0 bridgehead atoms. The molecule has 1 heterocycles. The van der Waals surface area contributed by atoms with Crippen molar-refractivity contribution in [3.05, 3.63) is 35.1 Å². The third-order valence-corrected chi connectivity index (χ3v) is 3.26. The van der Waals surface area contributed by atoms with E-state index in [4.69, 9.17) is 0 Å².